The molecule has 25 heavy (non-hydrogen) atoms. The van der Waals surface area contributed by atoms with Crippen LogP contribution in [0.5, 0.6) is 0 Å². The van der Waals surface area contributed by atoms with Crippen molar-refractivity contribution in [1.29, 1.82) is 0 Å². The third-order valence-electron chi connectivity index (χ3n) is 5.00. The largest absolute Gasteiger partial charge is 0.756 e. The monoisotopic (exact) mass is 359 g/mol. The molecule has 2 aromatic rings. The molecular weight excluding hydrogens is 335 g/mol. The smallest absolute Gasteiger partial charge is 0.268 e. The first kappa shape index (κ1) is 18.3. The molecule has 1 fully saturated rings. The van der Waals surface area contributed by atoms with Gasteiger partial charge in [-0.15, -0.1) is 0 Å². The van der Waals surface area contributed by atoms with Crippen molar-refractivity contribution in [2.24, 2.45) is 0 Å². The summed E-state index contributed by atoms with van der Waals surface area (Å²) in [5.74, 6) is 0. The third kappa shape index (κ3) is 4.21. The summed E-state index contributed by atoms with van der Waals surface area (Å²) in [7, 11) is -4.20. The highest BCUT2D eigenvalue weighted by atomic mass is 31.2. The van der Waals surface area contributed by atoms with Crippen LogP contribution in [0.3, 0.4) is 0 Å². The fourth-order valence-corrected chi connectivity index (χ4v) is 4.77. The highest BCUT2D eigenvalue weighted by Gasteiger charge is 2.39. The van der Waals surface area contributed by atoms with Crippen LogP contribution in [0, 0.1) is 0 Å². The minimum atomic E-state index is -4.20. The Labute approximate surface area is 149 Å². The lowest BCUT2D eigenvalue weighted by Gasteiger charge is -2.42. The average Bonchev–Trinajstić information content (AvgIpc) is 2.64. The second-order valence-corrected chi connectivity index (χ2v) is 7.85. The summed E-state index contributed by atoms with van der Waals surface area (Å²) in [5, 5.41) is 0. The molecule has 0 N–H and O–H groups in total. The van der Waals surface area contributed by atoms with Crippen LogP contribution < -0.4 is 4.89 Å². The van der Waals surface area contributed by atoms with Crippen LogP contribution in [0.1, 0.15) is 43.7 Å². The first-order valence-corrected chi connectivity index (χ1v) is 10.3. The van der Waals surface area contributed by atoms with Gasteiger partial charge >= 0.3 is 0 Å². The van der Waals surface area contributed by atoms with Gasteiger partial charge in [-0.25, -0.2) is 0 Å². The molecule has 0 amide bonds. The van der Waals surface area contributed by atoms with Crippen molar-refractivity contribution in [2.45, 2.75) is 44.1 Å². The molecule has 1 saturated carbocycles. The van der Waals surface area contributed by atoms with Gasteiger partial charge in [0.25, 0.3) is 7.82 Å². The quantitative estimate of drug-likeness (QED) is 0.716. The Morgan fingerprint density at radius 1 is 1.00 bits per heavy atom. The van der Waals surface area contributed by atoms with E-state index >= 15 is 0 Å². The van der Waals surface area contributed by atoms with E-state index in [1.165, 1.54) is 11.1 Å². The van der Waals surface area contributed by atoms with Crippen molar-refractivity contribution in [3.05, 3.63) is 71.8 Å². The molecule has 3 rings (SSSR count). The molecular formula is C20H24O4P-. The molecule has 1 aliphatic carbocycles. The van der Waals surface area contributed by atoms with Gasteiger partial charge in [0.15, 0.2) is 0 Å². The Hall–Kier alpha value is -1.45. The van der Waals surface area contributed by atoms with E-state index in [1.54, 1.807) is 6.92 Å². The summed E-state index contributed by atoms with van der Waals surface area (Å²) >= 11 is 0. The zero-order valence-corrected chi connectivity index (χ0v) is 15.4. The molecule has 5 heteroatoms. The molecule has 0 saturated heterocycles. The summed E-state index contributed by atoms with van der Waals surface area (Å²) in [5.41, 5.74) is 2.45. The van der Waals surface area contributed by atoms with E-state index in [9.17, 15) is 9.46 Å². The van der Waals surface area contributed by atoms with Gasteiger partial charge < -0.3 is 13.9 Å². The number of phosphoric acid groups is 1. The summed E-state index contributed by atoms with van der Waals surface area (Å²) in [6, 6.07) is 20.9. The lowest BCUT2D eigenvalue weighted by molar-refractivity contribution is -0.230. The predicted octanol–water partition coefficient (Wildman–Crippen LogP) is 4.44. The van der Waals surface area contributed by atoms with Gasteiger partial charge in [-0.05, 0) is 43.7 Å². The summed E-state index contributed by atoms with van der Waals surface area (Å²) in [6.07, 6.45) is 2.75. The molecule has 2 aromatic carbocycles. The molecule has 134 valence electrons. The fraction of sp³-hybridized carbons (Fsp3) is 0.400. The van der Waals surface area contributed by atoms with Crippen molar-refractivity contribution in [2.75, 3.05) is 6.61 Å². The van der Waals surface area contributed by atoms with Crippen molar-refractivity contribution in [3.8, 4) is 0 Å². The second-order valence-electron chi connectivity index (χ2n) is 6.48. The van der Waals surface area contributed by atoms with Crippen LogP contribution in [0.25, 0.3) is 0 Å². The van der Waals surface area contributed by atoms with E-state index in [-0.39, 0.29) is 18.1 Å². The molecule has 0 aromatic heterocycles. The van der Waals surface area contributed by atoms with Crippen LogP contribution in [-0.4, -0.2) is 12.7 Å². The van der Waals surface area contributed by atoms with Gasteiger partial charge in [-0.3, -0.25) is 4.57 Å². The van der Waals surface area contributed by atoms with Gasteiger partial charge in [-0.2, -0.15) is 0 Å². The van der Waals surface area contributed by atoms with Gasteiger partial charge in [-0.1, -0.05) is 60.7 Å². The summed E-state index contributed by atoms with van der Waals surface area (Å²) < 4.78 is 21.8. The minimum absolute atomic E-state index is 0.0964. The van der Waals surface area contributed by atoms with Crippen LogP contribution in [0.15, 0.2) is 60.7 Å². The van der Waals surface area contributed by atoms with Crippen molar-refractivity contribution < 1.29 is 18.5 Å². The topological polar surface area (TPSA) is 58.6 Å². The van der Waals surface area contributed by atoms with E-state index in [2.05, 4.69) is 48.5 Å². The zero-order chi connectivity index (χ0) is 17.8. The average molecular weight is 359 g/mol. The van der Waals surface area contributed by atoms with Gasteiger partial charge in [0.1, 0.15) is 0 Å². The maximum Gasteiger partial charge on any atom is 0.268 e. The van der Waals surface area contributed by atoms with Crippen LogP contribution in [0.2, 0.25) is 0 Å². The normalized spacial score (nSPS) is 20.1. The van der Waals surface area contributed by atoms with Gasteiger partial charge in [0, 0.05) is 5.41 Å². The van der Waals surface area contributed by atoms with E-state index in [1.807, 2.05) is 12.1 Å². The van der Waals surface area contributed by atoms with E-state index in [4.69, 9.17) is 9.05 Å². The Balaban J connectivity index is 1.82. The highest BCUT2D eigenvalue weighted by molar-refractivity contribution is 7.45. The molecule has 0 heterocycles. The number of hydrogen-bond donors (Lipinski definition) is 0. The lowest BCUT2D eigenvalue weighted by atomic mass is 9.65. The molecule has 0 spiro atoms. The molecule has 1 unspecified atom stereocenters. The Morgan fingerprint density at radius 2 is 1.48 bits per heavy atom. The molecule has 0 aliphatic heterocycles. The summed E-state index contributed by atoms with van der Waals surface area (Å²) in [4.78, 5) is 11.8. The maximum absolute atomic E-state index is 11.8. The standard InChI is InChI=1S/C20H25O4P/c1-2-23-25(21,22)24-19-13-15-20(16-14-19,17-9-5-3-6-10-17)18-11-7-4-8-12-18/h3-12,19H,2,13-16H2,1H3,(H,21,22)/p-1. The number of hydrogen-bond acceptors (Lipinski definition) is 4. The van der Waals surface area contributed by atoms with Crippen LogP contribution >= 0.6 is 7.82 Å². The molecule has 0 radical (unpaired) electrons. The number of phosphoric ester groups is 1. The summed E-state index contributed by atoms with van der Waals surface area (Å²) in [6.45, 7) is 1.75. The Bertz CT molecular complexity index is 667. The third-order valence-corrected chi connectivity index (χ3v) is 6.14. The molecule has 0 bridgehead atoms. The zero-order valence-electron chi connectivity index (χ0n) is 14.5. The van der Waals surface area contributed by atoms with Crippen molar-refractivity contribution in [3.63, 3.8) is 0 Å². The maximum atomic E-state index is 11.8. The molecule has 1 atom stereocenters. The van der Waals surface area contributed by atoms with Gasteiger partial charge in [0.05, 0.1) is 12.7 Å². The van der Waals surface area contributed by atoms with E-state index < -0.39 is 7.82 Å². The first-order chi connectivity index (χ1) is 12.1. The minimum Gasteiger partial charge on any atom is -0.756 e. The first-order valence-electron chi connectivity index (χ1n) is 8.81. The highest BCUT2D eigenvalue weighted by Crippen LogP contribution is 2.49. The second kappa shape index (κ2) is 7.84. The Kier molecular flexibility index (Phi) is 5.75. The number of rotatable bonds is 6. The van der Waals surface area contributed by atoms with E-state index in [0.717, 1.165) is 12.8 Å². The fourth-order valence-electron chi connectivity index (χ4n) is 3.82. The molecule has 4 nitrogen and oxygen atoms in total. The van der Waals surface area contributed by atoms with Crippen LogP contribution in [-0.2, 0) is 19.0 Å². The number of benzene rings is 2. The Morgan fingerprint density at radius 3 is 1.92 bits per heavy atom. The van der Waals surface area contributed by atoms with Crippen LogP contribution in [0.4, 0.5) is 0 Å². The van der Waals surface area contributed by atoms with Gasteiger partial charge in [0.2, 0.25) is 0 Å². The molecule has 1 aliphatic rings. The predicted molar refractivity (Wildman–Crippen MR) is 96.2 cm³/mol. The lowest BCUT2D eigenvalue weighted by Crippen LogP contribution is -2.36. The van der Waals surface area contributed by atoms with Crippen molar-refractivity contribution >= 4 is 7.82 Å². The SMILES string of the molecule is CCOP(=O)([O-])OC1CCC(c2ccccc2)(c2ccccc2)CC1. The van der Waals surface area contributed by atoms with Crippen molar-refractivity contribution in [1.82, 2.24) is 0 Å². The van der Waals surface area contributed by atoms with E-state index in [0.29, 0.717) is 12.8 Å².